The number of anilines is 3. The van der Waals surface area contributed by atoms with Crippen LogP contribution < -0.4 is 4.90 Å². The van der Waals surface area contributed by atoms with Crippen molar-refractivity contribution in [3.63, 3.8) is 0 Å². The van der Waals surface area contributed by atoms with Crippen LogP contribution in [0.4, 0.5) is 17.1 Å². The van der Waals surface area contributed by atoms with Gasteiger partial charge in [-0.2, -0.15) is 0 Å². The molecule has 12 rings (SSSR count). The van der Waals surface area contributed by atoms with Gasteiger partial charge in [-0.3, -0.25) is 0 Å². The van der Waals surface area contributed by atoms with Crippen molar-refractivity contribution in [1.82, 2.24) is 0 Å². The summed E-state index contributed by atoms with van der Waals surface area (Å²) in [6.07, 6.45) is 0. The number of hydrogen-bond donors (Lipinski definition) is 0. The molecular weight excluding hydrogens is 711 g/mol. The van der Waals surface area contributed by atoms with Gasteiger partial charge in [0.05, 0.1) is 5.41 Å². The van der Waals surface area contributed by atoms with Crippen molar-refractivity contribution in [3.8, 4) is 55.6 Å². The molecule has 0 aliphatic heterocycles. The van der Waals surface area contributed by atoms with E-state index in [0.29, 0.717) is 0 Å². The molecule has 0 atom stereocenters. The molecule has 0 heterocycles. The SMILES string of the molecule is CC1(C)c2ccccc2-c2cc(N(c3cccc(-c4ccccc4)c3)c3ccc4c(c3)C3(c5ccccc5-c5ccccc53)c3ccccc3-4)cc(-c3ccccc3)c21. The topological polar surface area (TPSA) is 3.24 Å². The maximum Gasteiger partial charge on any atom is 0.0726 e. The zero-order chi connectivity index (χ0) is 39.3. The van der Waals surface area contributed by atoms with Crippen molar-refractivity contribution in [2.75, 3.05) is 4.90 Å². The molecule has 1 spiro atoms. The molecule has 0 amide bonds. The van der Waals surface area contributed by atoms with Crippen LogP contribution in [0.15, 0.2) is 212 Å². The first kappa shape index (κ1) is 33.9. The Morgan fingerprint density at radius 2 is 0.746 bits per heavy atom. The van der Waals surface area contributed by atoms with Gasteiger partial charge in [0.2, 0.25) is 0 Å². The van der Waals surface area contributed by atoms with Gasteiger partial charge >= 0.3 is 0 Å². The maximum absolute atomic E-state index is 2.51. The first-order chi connectivity index (χ1) is 29.0. The van der Waals surface area contributed by atoms with Crippen LogP contribution in [-0.2, 0) is 10.8 Å². The van der Waals surface area contributed by atoms with Crippen molar-refractivity contribution in [2.45, 2.75) is 24.7 Å². The summed E-state index contributed by atoms with van der Waals surface area (Å²) in [5, 5.41) is 0. The number of fused-ring (bicyclic) bond motifs is 13. The normalized spacial score (nSPS) is 14.2. The minimum atomic E-state index is -0.442. The highest BCUT2D eigenvalue weighted by Gasteiger charge is 2.51. The minimum absolute atomic E-state index is 0.164. The van der Waals surface area contributed by atoms with Gasteiger partial charge in [-0.15, -0.1) is 0 Å². The van der Waals surface area contributed by atoms with Crippen LogP contribution in [0.3, 0.4) is 0 Å². The summed E-state index contributed by atoms with van der Waals surface area (Å²) in [6, 6.07) is 79.2. The molecule has 278 valence electrons. The van der Waals surface area contributed by atoms with E-state index in [9.17, 15) is 0 Å². The summed E-state index contributed by atoms with van der Waals surface area (Å²) < 4.78 is 0. The van der Waals surface area contributed by atoms with E-state index in [4.69, 9.17) is 0 Å². The van der Waals surface area contributed by atoms with Crippen molar-refractivity contribution >= 4 is 17.1 Å². The number of benzene rings is 9. The van der Waals surface area contributed by atoms with E-state index in [1.54, 1.807) is 0 Å². The molecule has 0 fully saturated rings. The second-order valence-electron chi connectivity index (χ2n) is 16.8. The number of rotatable bonds is 5. The van der Waals surface area contributed by atoms with E-state index in [-0.39, 0.29) is 5.41 Å². The molecule has 0 saturated heterocycles. The summed E-state index contributed by atoms with van der Waals surface area (Å²) in [5.41, 5.74) is 23.7. The molecule has 3 aliphatic rings. The Morgan fingerprint density at radius 3 is 1.36 bits per heavy atom. The average molecular weight is 752 g/mol. The predicted octanol–water partition coefficient (Wildman–Crippen LogP) is 15.1. The van der Waals surface area contributed by atoms with E-state index in [1.807, 2.05) is 0 Å². The molecule has 0 bridgehead atoms. The third kappa shape index (κ3) is 4.73. The monoisotopic (exact) mass is 751 g/mol. The van der Waals surface area contributed by atoms with Crippen LogP contribution in [0.5, 0.6) is 0 Å². The Balaban J connectivity index is 1.16. The van der Waals surface area contributed by atoms with Crippen molar-refractivity contribution < 1.29 is 0 Å². The molecule has 0 saturated carbocycles. The van der Waals surface area contributed by atoms with Crippen molar-refractivity contribution in [3.05, 3.63) is 246 Å². The molecule has 0 unspecified atom stereocenters. The fourth-order valence-corrected chi connectivity index (χ4v) is 11.0. The molecule has 1 nitrogen and oxygen atoms in total. The summed E-state index contributed by atoms with van der Waals surface area (Å²) in [4.78, 5) is 2.51. The van der Waals surface area contributed by atoms with Gasteiger partial charge in [0, 0.05) is 22.5 Å². The smallest absolute Gasteiger partial charge is 0.0726 e. The van der Waals surface area contributed by atoms with Crippen LogP contribution in [-0.4, -0.2) is 0 Å². The molecule has 9 aromatic carbocycles. The fraction of sp³-hybridized carbons (Fsp3) is 0.0690. The van der Waals surface area contributed by atoms with Crippen molar-refractivity contribution in [1.29, 1.82) is 0 Å². The number of hydrogen-bond acceptors (Lipinski definition) is 1. The lowest BCUT2D eigenvalue weighted by Crippen LogP contribution is -2.26. The van der Waals surface area contributed by atoms with E-state index in [1.165, 1.54) is 89.0 Å². The van der Waals surface area contributed by atoms with E-state index in [2.05, 4.69) is 231 Å². The summed E-state index contributed by atoms with van der Waals surface area (Å²) in [7, 11) is 0. The van der Waals surface area contributed by atoms with Crippen LogP contribution in [0.1, 0.15) is 47.2 Å². The molecule has 0 aromatic heterocycles. The highest BCUT2D eigenvalue weighted by atomic mass is 15.1. The summed E-state index contributed by atoms with van der Waals surface area (Å²) in [6.45, 7) is 4.78. The standard InChI is InChI=1S/C58H41N/c1-57(2)51-28-13-9-27-47(51)50-36-43(35-49(56(50)57)39-20-7-4-8-21-39)59(41-23-17-22-40(34-41)38-18-5-3-6-19-38)42-32-33-48-46-26-12-16-31-54(46)58(55(48)37-42)52-29-14-10-24-44(52)45-25-11-15-30-53(45)58/h3-37H,1-2H3. The molecule has 1 heteroatoms. The molecule has 59 heavy (non-hydrogen) atoms. The van der Waals surface area contributed by atoms with Crippen LogP contribution >= 0.6 is 0 Å². The molecule has 0 N–H and O–H groups in total. The largest absolute Gasteiger partial charge is 0.310 e. The molecule has 3 aliphatic carbocycles. The molecule has 9 aromatic rings. The van der Waals surface area contributed by atoms with Gasteiger partial charge in [-0.1, -0.05) is 190 Å². The molecular formula is C58H41N. The third-order valence-electron chi connectivity index (χ3n) is 13.4. The first-order valence-corrected chi connectivity index (χ1v) is 20.8. The Bertz CT molecular complexity index is 3070. The van der Waals surface area contributed by atoms with E-state index < -0.39 is 5.41 Å². The lowest BCUT2D eigenvalue weighted by atomic mass is 9.70. The van der Waals surface area contributed by atoms with Gasteiger partial charge in [-0.05, 0) is 125 Å². The van der Waals surface area contributed by atoms with Gasteiger partial charge in [0.25, 0.3) is 0 Å². The highest BCUT2D eigenvalue weighted by Crippen LogP contribution is 2.63. The highest BCUT2D eigenvalue weighted by molar-refractivity contribution is 5.98. The maximum atomic E-state index is 2.51. The molecule has 0 radical (unpaired) electrons. The summed E-state index contributed by atoms with van der Waals surface area (Å²) in [5.74, 6) is 0. The zero-order valence-corrected chi connectivity index (χ0v) is 33.2. The van der Waals surface area contributed by atoms with Gasteiger partial charge in [0.15, 0.2) is 0 Å². The van der Waals surface area contributed by atoms with Crippen LogP contribution in [0.25, 0.3) is 55.6 Å². The van der Waals surface area contributed by atoms with Crippen LogP contribution in [0.2, 0.25) is 0 Å². The second-order valence-corrected chi connectivity index (χ2v) is 16.8. The Kier molecular flexibility index (Phi) is 7.26. The Hall–Kier alpha value is -7.22. The Morgan fingerprint density at radius 1 is 0.288 bits per heavy atom. The van der Waals surface area contributed by atoms with Gasteiger partial charge < -0.3 is 4.90 Å². The predicted molar refractivity (Wildman–Crippen MR) is 246 cm³/mol. The second kappa shape index (κ2) is 12.6. The zero-order valence-electron chi connectivity index (χ0n) is 33.2. The lowest BCUT2D eigenvalue weighted by molar-refractivity contribution is 0.662. The van der Waals surface area contributed by atoms with E-state index in [0.717, 1.165) is 17.1 Å². The quantitative estimate of drug-likeness (QED) is 0.169. The van der Waals surface area contributed by atoms with Gasteiger partial charge in [-0.25, -0.2) is 0 Å². The minimum Gasteiger partial charge on any atom is -0.310 e. The van der Waals surface area contributed by atoms with Gasteiger partial charge in [0.1, 0.15) is 0 Å². The fourth-order valence-electron chi connectivity index (χ4n) is 11.0. The summed E-state index contributed by atoms with van der Waals surface area (Å²) >= 11 is 0. The average Bonchev–Trinajstić information content (AvgIpc) is 3.85. The van der Waals surface area contributed by atoms with E-state index >= 15 is 0 Å². The number of nitrogens with zero attached hydrogens (tertiary/aromatic N) is 1. The third-order valence-corrected chi connectivity index (χ3v) is 13.4. The van der Waals surface area contributed by atoms with Crippen LogP contribution in [0, 0.1) is 0 Å². The Labute approximate surface area is 346 Å². The lowest BCUT2D eigenvalue weighted by Gasteiger charge is -2.33. The first-order valence-electron chi connectivity index (χ1n) is 20.8. The van der Waals surface area contributed by atoms with Crippen molar-refractivity contribution in [2.24, 2.45) is 0 Å².